The number of rotatable bonds is 11. The Labute approximate surface area is 119 Å². The van der Waals surface area contributed by atoms with Gasteiger partial charge in [0.05, 0.1) is 6.61 Å². The molecule has 4 N–H and O–H groups in total. The van der Waals surface area contributed by atoms with Crippen LogP contribution in [0, 0.1) is 0 Å². The van der Waals surface area contributed by atoms with Gasteiger partial charge >= 0.3 is 6.09 Å². The second kappa shape index (κ2) is 19.6. The number of carbonyl (C=O) groups is 1. The summed E-state index contributed by atoms with van der Waals surface area (Å²) in [6.07, 6.45) is 11.7. The first-order valence-electron chi connectivity index (χ1n) is 7.81. The lowest BCUT2D eigenvalue weighted by atomic mass is 10.2. The van der Waals surface area contributed by atoms with E-state index in [1.807, 2.05) is 0 Å². The first-order valence-corrected chi connectivity index (χ1v) is 7.81. The highest BCUT2D eigenvalue weighted by Crippen LogP contribution is 2.02. The molecule has 0 aliphatic heterocycles. The SMILES string of the molecule is CCCCCCCN.CCCCCCCOC(N)=O. The van der Waals surface area contributed by atoms with Crippen LogP contribution in [-0.2, 0) is 4.74 Å². The second-order valence-electron chi connectivity index (χ2n) is 4.78. The van der Waals surface area contributed by atoms with Crippen LogP contribution in [-0.4, -0.2) is 19.2 Å². The van der Waals surface area contributed by atoms with E-state index in [4.69, 9.17) is 11.5 Å². The van der Waals surface area contributed by atoms with Crippen LogP contribution in [0.2, 0.25) is 0 Å². The van der Waals surface area contributed by atoms with Crippen LogP contribution in [0.25, 0.3) is 0 Å². The number of primary amides is 1. The Morgan fingerprint density at radius 3 is 1.74 bits per heavy atom. The second-order valence-corrected chi connectivity index (χ2v) is 4.78. The Morgan fingerprint density at radius 2 is 1.32 bits per heavy atom. The molecule has 4 heteroatoms. The van der Waals surface area contributed by atoms with Gasteiger partial charge in [-0.2, -0.15) is 0 Å². The van der Waals surface area contributed by atoms with Crippen LogP contribution in [0.3, 0.4) is 0 Å². The van der Waals surface area contributed by atoms with Gasteiger partial charge in [-0.15, -0.1) is 0 Å². The number of hydrogen-bond acceptors (Lipinski definition) is 3. The van der Waals surface area contributed by atoms with Crippen molar-refractivity contribution in [3.8, 4) is 0 Å². The molecule has 0 bridgehead atoms. The summed E-state index contributed by atoms with van der Waals surface area (Å²) in [6, 6.07) is 0. The van der Waals surface area contributed by atoms with Crippen molar-refractivity contribution in [2.45, 2.75) is 78.1 Å². The Bertz CT molecular complexity index is 170. The highest BCUT2D eigenvalue weighted by atomic mass is 16.5. The molecule has 0 unspecified atom stereocenters. The van der Waals surface area contributed by atoms with Gasteiger partial charge in [-0.1, -0.05) is 65.2 Å². The standard InChI is InChI=1S/C8H17NO2.C7H17N/c1-2-3-4-5-6-7-11-8(9)10;1-2-3-4-5-6-7-8/h2-7H2,1H3,(H2,9,10);2-8H2,1H3. The van der Waals surface area contributed by atoms with Gasteiger partial charge in [0.25, 0.3) is 0 Å². The van der Waals surface area contributed by atoms with Gasteiger partial charge in [-0.3, -0.25) is 0 Å². The lowest BCUT2D eigenvalue weighted by Crippen LogP contribution is -2.13. The van der Waals surface area contributed by atoms with Gasteiger partial charge in [-0.25, -0.2) is 4.79 Å². The van der Waals surface area contributed by atoms with Crippen molar-refractivity contribution >= 4 is 6.09 Å². The summed E-state index contributed by atoms with van der Waals surface area (Å²) in [5.74, 6) is 0. The molecular weight excluding hydrogens is 240 g/mol. The molecular formula is C15H34N2O2. The van der Waals surface area contributed by atoms with Gasteiger partial charge < -0.3 is 16.2 Å². The Morgan fingerprint density at radius 1 is 0.842 bits per heavy atom. The van der Waals surface area contributed by atoms with Gasteiger partial charge in [0, 0.05) is 0 Å². The minimum Gasteiger partial charge on any atom is -0.450 e. The van der Waals surface area contributed by atoms with E-state index in [2.05, 4.69) is 18.6 Å². The van der Waals surface area contributed by atoms with Crippen molar-refractivity contribution in [1.29, 1.82) is 0 Å². The molecule has 0 aromatic heterocycles. The summed E-state index contributed by atoms with van der Waals surface area (Å²) < 4.78 is 4.56. The van der Waals surface area contributed by atoms with Crippen molar-refractivity contribution in [2.24, 2.45) is 11.5 Å². The third-order valence-corrected chi connectivity index (χ3v) is 2.80. The molecule has 0 saturated carbocycles. The van der Waals surface area contributed by atoms with Crippen LogP contribution >= 0.6 is 0 Å². The highest BCUT2D eigenvalue weighted by molar-refractivity contribution is 5.64. The van der Waals surface area contributed by atoms with Crippen molar-refractivity contribution in [3.63, 3.8) is 0 Å². The normalized spacial score (nSPS) is 9.63. The molecule has 19 heavy (non-hydrogen) atoms. The summed E-state index contributed by atoms with van der Waals surface area (Å²) in [4.78, 5) is 10.1. The fourth-order valence-corrected chi connectivity index (χ4v) is 1.63. The van der Waals surface area contributed by atoms with Crippen LogP contribution in [0.5, 0.6) is 0 Å². The zero-order valence-corrected chi connectivity index (χ0v) is 13.0. The molecule has 0 radical (unpaired) electrons. The molecule has 4 nitrogen and oxygen atoms in total. The topological polar surface area (TPSA) is 78.3 Å². The van der Waals surface area contributed by atoms with E-state index in [0.717, 1.165) is 19.4 Å². The molecule has 0 aromatic carbocycles. The van der Waals surface area contributed by atoms with E-state index in [9.17, 15) is 4.79 Å². The van der Waals surface area contributed by atoms with Crippen LogP contribution < -0.4 is 11.5 Å². The third kappa shape index (κ3) is 26.7. The Kier molecular flexibility index (Phi) is 21.2. The summed E-state index contributed by atoms with van der Waals surface area (Å²) in [6.45, 7) is 5.73. The first kappa shape index (κ1) is 20.5. The maximum Gasteiger partial charge on any atom is 0.404 e. The maximum atomic E-state index is 10.1. The number of ether oxygens (including phenoxy) is 1. The average Bonchev–Trinajstić information content (AvgIpc) is 2.39. The van der Waals surface area contributed by atoms with Gasteiger partial charge in [-0.05, 0) is 19.4 Å². The monoisotopic (exact) mass is 274 g/mol. The molecule has 0 aliphatic rings. The average molecular weight is 274 g/mol. The van der Waals surface area contributed by atoms with Crippen LogP contribution in [0.4, 0.5) is 4.79 Å². The lowest BCUT2D eigenvalue weighted by Gasteiger charge is -2.00. The number of nitrogens with two attached hydrogens (primary N) is 2. The van der Waals surface area contributed by atoms with E-state index >= 15 is 0 Å². The highest BCUT2D eigenvalue weighted by Gasteiger charge is 1.92. The largest absolute Gasteiger partial charge is 0.450 e. The molecule has 0 aliphatic carbocycles. The summed E-state index contributed by atoms with van der Waals surface area (Å²) >= 11 is 0. The maximum absolute atomic E-state index is 10.1. The van der Waals surface area contributed by atoms with Gasteiger partial charge in [0.2, 0.25) is 0 Å². The number of unbranched alkanes of at least 4 members (excludes halogenated alkanes) is 8. The first-order chi connectivity index (χ1) is 9.18. The van der Waals surface area contributed by atoms with E-state index < -0.39 is 6.09 Å². The summed E-state index contributed by atoms with van der Waals surface area (Å²) in [5, 5.41) is 0. The molecule has 0 heterocycles. The molecule has 0 aromatic rings. The van der Waals surface area contributed by atoms with Gasteiger partial charge in [0.1, 0.15) is 0 Å². The molecule has 116 valence electrons. The van der Waals surface area contributed by atoms with E-state index in [0.29, 0.717) is 6.61 Å². The minimum atomic E-state index is -0.666. The smallest absolute Gasteiger partial charge is 0.404 e. The zero-order chi connectivity index (χ0) is 14.8. The number of carbonyl (C=O) groups excluding carboxylic acids is 1. The predicted molar refractivity (Wildman–Crippen MR) is 82.1 cm³/mol. The fraction of sp³-hybridized carbons (Fsp3) is 0.933. The van der Waals surface area contributed by atoms with Crippen LogP contribution in [0.1, 0.15) is 78.1 Å². The van der Waals surface area contributed by atoms with E-state index in [-0.39, 0.29) is 0 Å². The van der Waals surface area contributed by atoms with Gasteiger partial charge in [0.15, 0.2) is 0 Å². The van der Waals surface area contributed by atoms with E-state index in [1.54, 1.807) is 0 Å². The van der Waals surface area contributed by atoms with Crippen LogP contribution in [0.15, 0.2) is 0 Å². The quantitative estimate of drug-likeness (QED) is 0.560. The van der Waals surface area contributed by atoms with E-state index in [1.165, 1.54) is 51.4 Å². The van der Waals surface area contributed by atoms with Crippen molar-refractivity contribution in [3.05, 3.63) is 0 Å². The van der Waals surface area contributed by atoms with Crippen molar-refractivity contribution in [1.82, 2.24) is 0 Å². The molecule has 0 saturated heterocycles. The van der Waals surface area contributed by atoms with Crippen molar-refractivity contribution in [2.75, 3.05) is 13.2 Å². The molecule has 0 fully saturated rings. The summed E-state index contributed by atoms with van der Waals surface area (Å²) in [5.41, 5.74) is 10.1. The third-order valence-electron chi connectivity index (χ3n) is 2.80. The minimum absolute atomic E-state index is 0.471. The molecule has 0 rings (SSSR count). The van der Waals surface area contributed by atoms with Crippen molar-refractivity contribution < 1.29 is 9.53 Å². The molecule has 0 atom stereocenters. The predicted octanol–water partition coefficient (Wildman–Crippen LogP) is 3.97. The lowest BCUT2D eigenvalue weighted by molar-refractivity contribution is 0.154. The number of amides is 1. The molecule has 1 amide bonds. The Balaban J connectivity index is 0. The Hall–Kier alpha value is -0.770. The molecule has 0 spiro atoms. The number of hydrogen-bond donors (Lipinski definition) is 2. The zero-order valence-electron chi connectivity index (χ0n) is 13.0. The fourth-order valence-electron chi connectivity index (χ4n) is 1.63. The summed E-state index contributed by atoms with van der Waals surface area (Å²) in [7, 11) is 0.